The molecule has 0 aromatic carbocycles. The van der Waals surface area contributed by atoms with E-state index >= 15 is 0 Å². The Balaban J connectivity index is 2.66. The Hall–Kier alpha value is -1.30. The van der Waals surface area contributed by atoms with Crippen LogP contribution in [-0.2, 0) is 6.54 Å². The first kappa shape index (κ1) is 7.80. The third kappa shape index (κ3) is 1.81. The molecule has 1 unspecified atom stereocenters. The Morgan fingerprint density at radius 1 is 1.82 bits per heavy atom. The lowest BCUT2D eigenvalue weighted by Gasteiger charge is -2.04. The summed E-state index contributed by atoms with van der Waals surface area (Å²) in [4.78, 5) is 3.96. The first-order valence-electron chi connectivity index (χ1n) is 3.60. The summed E-state index contributed by atoms with van der Waals surface area (Å²) in [6.07, 6.45) is 3.55. The number of nitriles is 1. The van der Waals surface area contributed by atoms with E-state index in [1.54, 1.807) is 12.5 Å². The normalized spacial score (nSPS) is 12.5. The molecule has 1 heterocycles. The Bertz CT molecular complexity index is 269. The van der Waals surface area contributed by atoms with Crippen LogP contribution < -0.4 is 0 Å². The topological polar surface area (TPSA) is 41.6 Å². The van der Waals surface area contributed by atoms with Gasteiger partial charge in [-0.15, -0.1) is 0 Å². The van der Waals surface area contributed by atoms with Crippen molar-refractivity contribution in [3.8, 4) is 6.07 Å². The molecule has 1 atom stereocenters. The van der Waals surface area contributed by atoms with Crippen LogP contribution in [0.5, 0.6) is 0 Å². The highest BCUT2D eigenvalue weighted by Gasteiger charge is 2.01. The van der Waals surface area contributed by atoms with Crippen LogP contribution in [0.15, 0.2) is 12.5 Å². The van der Waals surface area contributed by atoms with Gasteiger partial charge in [0.05, 0.1) is 18.3 Å². The van der Waals surface area contributed by atoms with Crippen LogP contribution in [0, 0.1) is 24.2 Å². The predicted molar refractivity (Wildman–Crippen MR) is 41.7 cm³/mol. The van der Waals surface area contributed by atoms with Crippen molar-refractivity contribution in [3.05, 3.63) is 18.2 Å². The number of nitrogens with zero attached hydrogens (tertiary/aromatic N) is 3. The Morgan fingerprint density at radius 3 is 3.00 bits per heavy atom. The van der Waals surface area contributed by atoms with E-state index in [4.69, 9.17) is 5.26 Å². The van der Waals surface area contributed by atoms with Crippen molar-refractivity contribution in [3.63, 3.8) is 0 Å². The second kappa shape index (κ2) is 3.20. The van der Waals surface area contributed by atoms with Gasteiger partial charge in [-0.25, -0.2) is 4.98 Å². The smallest absolute Gasteiger partial charge is 0.0948 e. The van der Waals surface area contributed by atoms with Crippen molar-refractivity contribution in [2.45, 2.75) is 20.4 Å². The maximum absolute atomic E-state index is 8.54. The molecular weight excluding hydrogens is 138 g/mol. The van der Waals surface area contributed by atoms with Gasteiger partial charge < -0.3 is 4.57 Å². The molecule has 0 aliphatic rings. The number of rotatable bonds is 2. The van der Waals surface area contributed by atoms with Crippen LogP contribution in [0.1, 0.15) is 12.6 Å². The second-order valence-electron chi connectivity index (χ2n) is 2.72. The van der Waals surface area contributed by atoms with Gasteiger partial charge in [0.2, 0.25) is 0 Å². The van der Waals surface area contributed by atoms with Crippen molar-refractivity contribution >= 4 is 0 Å². The highest BCUT2D eigenvalue weighted by molar-refractivity contribution is 4.95. The largest absolute Gasteiger partial charge is 0.334 e. The van der Waals surface area contributed by atoms with Crippen LogP contribution >= 0.6 is 0 Å². The summed E-state index contributed by atoms with van der Waals surface area (Å²) in [7, 11) is 0. The van der Waals surface area contributed by atoms with E-state index in [0.29, 0.717) is 0 Å². The van der Waals surface area contributed by atoms with Gasteiger partial charge in [0, 0.05) is 18.4 Å². The van der Waals surface area contributed by atoms with Crippen molar-refractivity contribution in [2.24, 2.45) is 5.92 Å². The van der Waals surface area contributed by atoms with Gasteiger partial charge in [0.15, 0.2) is 0 Å². The van der Waals surface area contributed by atoms with Gasteiger partial charge in [-0.2, -0.15) is 5.26 Å². The van der Waals surface area contributed by atoms with Crippen LogP contribution in [0.25, 0.3) is 0 Å². The lowest BCUT2D eigenvalue weighted by atomic mass is 10.2. The molecule has 1 aromatic heterocycles. The van der Waals surface area contributed by atoms with E-state index in [1.807, 2.05) is 18.4 Å². The fraction of sp³-hybridized carbons (Fsp3) is 0.500. The fourth-order valence-corrected chi connectivity index (χ4v) is 0.914. The first-order chi connectivity index (χ1) is 5.24. The van der Waals surface area contributed by atoms with E-state index in [-0.39, 0.29) is 5.92 Å². The molecule has 0 saturated carbocycles. The third-order valence-corrected chi connectivity index (χ3v) is 1.61. The zero-order valence-electron chi connectivity index (χ0n) is 6.78. The average Bonchev–Trinajstić information content (AvgIpc) is 2.37. The molecule has 11 heavy (non-hydrogen) atoms. The molecule has 0 saturated heterocycles. The minimum atomic E-state index is 0.0582. The Labute approximate surface area is 66.3 Å². The van der Waals surface area contributed by atoms with E-state index < -0.39 is 0 Å². The first-order valence-corrected chi connectivity index (χ1v) is 3.60. The van der Waals surface area contributed by atoms with Crippen LogP contribution in [0.4, 0.5) is 0 Å². The molecular formula is C8H11N3. The molecule has 3 heteroatoms. The molecule has 0 amide bonds. The van der Waals surface area contributed by atoms with Crippen LogP contribution in [0.3, 0.4) is 0 Å². The molecule has 0 N–H and O–H groups in total. The number of aromatic nitrogens is 2. The van der Waals surface area contributed by atoms with E-state index in [1.165, 1.54) is 0 Å². The summed E-state index contributed by atoms with van der Waals surface area (Å²) < 4.78 is 1.98. The monoisotopic (exact) mass is 149 g/mol. The Morgan fingerprint density at radius 2 is 2.55 bits per heavy atom. The Kier molecular flexibility index (Phi) is 2.27. The second-order valence-corrected chi connectivity index (χ2v) is 2.72. The molecule has 0 aliphatic heterocycles. The molecule has 0 radical (unpaired) electrons. The van der Waals surface area contributed by atoms with Gasteiger partial charge in [-0.1, -0.05) is 0 Å². The highest BCUT2D eigenvalue weighted by atomic mass is 15.0. The van der Waals surface area contributed by atoms with Gasteiger partial charge in [-0.05, 0) is 13.8 Å². The summed E-state index contributed by atoms with van der Waals surface area (Å²) in [5, 5.41) is 8.54. The summed E-state index contributed by atoms with van der Waals surface area (Å²) in [5.41, 5.74) is 1.10. The van der Waals surface area contributed by atoms with E-state index in [2.05, 4.69) is 11.1 Å². The number of hydrogen-bond donors (Lipinski definition) is 0. The quantitative estimate of drug-likeness (QED) is 0.637. The lowest BCUT2D eigenvalue weighted by Crippen LogP contribution is -2.05. The van der Waals surface area contributed by atoms with Crippen LogP contribution in [-0.4, -0.2) is 9.55 Å². The van der Waals surface area contributed by atoms with Gasteiger partial charge in [-0.3, -0.25) is 0 Å². The fourth-order valence-electron chi connectivity index (χ4n) is 0.914. The zero-order valence-corrected chi connectivity index (χ0v) is 6.78. The van der Waals surface area contributed by atoms with Gasteiger partial charge in [0.25, 0.3) is 0 Å². The van der Waals surface area contributed by atoms with Crippen molar-refractivity contribution in [2.75, 3.05) is 0 Å². The standard InChI is InChI=1S/C8H11N3/c1-7(3-9)5-11-6-10-4-8(11)2/h4,6-7H,5H2,1-2H3. The minimum absolute atomic E-state index is 0.0582. The molecule has 1 rings (SSSR count). The maximum atomic E-state index is 8.54. The SMILES string of the molecule is Cc1cncn1CC(C)C#N. The van der Waals surface area contributed by atoms with E-state index in [9.17, 15) is 0 Å². The molecule has 0 spiro atoms. The van der Waals surface area contributed by atoms with Gasteiger partial charge >= 0.3 is 0 Å². The maximum Gasteiger partial charge on any atom is 0.0948 e. The van der Waals surface area contributed by atoms with Gasteiger partial charge in [0.1, 0.15) is 0 Å². The average molecular weight is 149 g/mol. The lowest BCUT2D eigenvalue weighted by molar-refractivity contribution is 0.569. The number of imidazole rings is 1. The number of aryl methyl sites for hydroxylation is 1. The summed E-state index contributed by atoms with van der Waals surface area (Å²) in [6, 6.07) is 2.18. The zero-order chi connectivity index (χ0) is 8.27. The summed E-state index contributed by atoms with van der Waals surface area (Å²) in [5.74, 6) is 0.0582. The van der Waals surface area contributed by atoms with Crippen molar-refractivity contribution < 1.29 is 0 Å². The molecule has 3 nitrogen and oxygen atoms in total. The number of hydrogen-bond acceptors (Lipinski definition) is 2. The molecule has 0 aliphatic carbocycles. The third-order valence-electron chi connectivity index (χ3n) is 1.61. The predicted octanol–water partition coefficient (Wildman–Crippen LogP) is 1.35. The van der Waals surface area contributed by atoms with E-state index in [0.717, 1.165) is 12.2 Å². The summed E-state index contributed by atoms with van der Waals surface area (Å²) in [6.45, 7) is 4.62. The molecule has 0 fully saturated rings. The summed E-state index contributed by atoms with van der Waals surface area (Å²) >= 11 is 0. The highest BCUT2D eigenvalue weighted by Crippen LogP contribution is 2.02. The minimum Gasteiger partial charge on any atom is -0.334 e. The molecule has 1 aromatic rings. The van der Waals surface area contributed by atoms with Crippen molar-refractivity contribution in [1.29, 1.82) is 5.26 Å². The van der Waals surface area contributed by atoms with Crippen molar-refractivity contribution in [1.82, 2.24) is 9.55 Å². The molecule has 0 bridgehead atoms. The molecule has 58 valence electrons. The van der Waals surface area contributed by atoms with Crippen LogP contribution in [0.2, 0.25) is 0 Å².